The molecule has 0 spiro atoms. The molecule has 1 N–H and O–H groups in total. The van der Waals surface area contributed by atoms with E-state index in [0.717, 1.165) is 11.8 Å². The van der Waals surface area contributed by atoms with Crippen LogP contribution in [0.2, 0.25) is 0 Å². The summed E-state index contributed by atoms with van der Waals surface area (Å²) < 4.78 is 0. The maximum atomic E-state index is 3.67. The lowest BCUT2D eigenvalue weighted by Crippen LogP contribution is -2.26. The van der Waals surface area contributed by atoms with Crippen LogP contribution in [0.25, 0.3) is 0 Å². The fourth-order valence-electron chi connectivity index (χ4n) is 2.49. The lowest BCUT2D eigenvalue weighted by Gasteiger charge is -2.17. The first-order chi connectivity index (χ1) is 8.79. The maximum absolute atomic E-state index is 3.67. The molecule has 1 aliphatic rings. The number of rotatable bonds is 6. The summed E-state index contributed by atoms with van der Waals surface area (Å²) in [6, 6.07) is 9.60. The molecule has 0 saturated carbocycles. The molecule has 1 aliphatic heterocycles. The van der Waals surface area contributed by atoms with Gasteiger partial charge in [-0.2, -0.15) is 11.8 Å². The molecular weight excluding hydrogens is 238 g/mol. The zero-order valence-corrected chi connectivity index (χ0v) is 12.4. The average molecular weight is 263 g/mol. The molecule has 100 valence electrons. The van der Waals surface area contributed by atoms with Crippen LogP contribution in [-0.2, 0) is 6.42 Å². The Morgan fingerprint density at radius 2 is 2.11 bits per heavy atom. The topological polar surface area (TPSA) is 12.0 Å². The van der Waals surface area contributed by atoms with Gasteiger partial charge in [0, 0.05) is 17.8 Å². The van der Waals surface area contributed by atoms with Gasteiger partial charge in [-0.25, -0.2) is 0 Å². The van der Waals surface area contributed by atoms with Crippen LogP contribution in [0.5, 0.6) is 0 Å². The van der Waals surface area contributed by atoms with E-state index in [1.54, 1.807) is 0 Å². The van der Waals surface area contributed by atoms with Crippen molar-refractivity contribution in [3.05, 3.63) is 35.4 Å². The highest BCUT2D eigenvalue weighted by Crippen LogP contribution is 2.26. The average Bonchev–Trinajstić information content (AvgIpc) is 2.90. The van der Waals surface area contributed by atoms with E-state index < -0.39 is 0 Å². The quantitative estimate of drug-likeness (QED) is 0.826. The zero-order chi connectivity index (χ0) is 12.8. The van der Waals surface area contributed by atoms with Crippen molar-refractivity contribution >= 4 is 11.8 Å². The van der Waals surface area contributed by atoms with Gasteiger partial charge < -0.3 is 5.32 Å². The Morgan fingerprint density at radius 3 is 2.72 bits per heavy atom. The Hall–Kier alpha value is -0.470. The predicted octanol–water partition coefficient (Wildman–Crippen LogP) is 4.19. The Morgan fingerprint density at radius 1 is 1.33 bits per heavy atom. The number of nitrogens with one attached hydrogen (secondary N) is 1. The molecule has 1 fully saturated rings. The number of benzene rings is 1. The summed E-state index contributed by atoms with van der Waals surface area (Å²) in [7, 11) is 0. The second kappa shape index (κ2) is 7.20. The van der Waals surface area contributed by atoms with Gasteiger partial charge in [-0.15, -0.1) is 0 Å². The molecule has 18 heavy (non-hydrogen) atoms. The van der Waals surface area contributed by atoms with Crippen LogP contribution >= 0.6 is 11.8 Å². The molecule has 1 aromatic rings. The van der Waals surface area contributed by atoms with Crippen molar-refractivity contribution in [3.8, 4) is 0 Å². The summed E-state index contributed by atoms with van der Waals surface area (Å²) in [5, 5.41) is 4.51. The number of hydrogen-bond donors (Lipinski definition) is 1. The third-order valence-electron chi connectivity index (χ3n) is 3.69. The predicted molar refractivity (Wildman–Crippen MR) is 82.3 cm³/mol. The second-order valence-electron chi connectivity index (χ2n) is 5.26. The van der Waals surface area contributed by atoms with Crippen LogP contribution in [-0.4, -0.2) is 17.5 Å². The minimum absolute atomic E-state index is 0.474. The van der Waals surface area contributed by atoms with Crippen molar-refractivity contribution in [2.45, 2.75) is 50.8 Å². The summed E-state index contributed by atoms with van der Waals surface area (Å²) in [5.74, 6) is 1.35. The normalized spacial score (nSPS) is 21.1. The van der Waals surface area contributed by atoms with Gasteiger partial charge in [0.05, 0.1) is 0 Å². The number of thioether (sulfide) groups is 1. The molecule has 1 nitrogen and oxygen atoms in total. The van der Waals surface area contributed by atoms with Crippen LogP contribution in [0.1, 0.15) is 50.3 Å². The van der Waals surface area contributed by atoms with E-state index in [1.807, 2.05) is 0 Å². The Labute approximate surface area is 116 Å². The monoisotopic (exact) mass is 263 g/mol. The van der Waals surface area contributed by atoms with Gasteiger partial charge in [-0.1, -0.05) is 37.6 Å². The molecule has 2 unspecified atom stereocenters. The van der Waals surface area contributed by atoms with Crippen LogP contribution in [0.4, 0.5) is 0 Å². The molecule has 0 amide bonds. The molecule has 2 atom stereocenters. The lowest BCUT2D eigenvalue weighted by atomic mass is 10.0. The highest BCUT2D eigenvalue weighted by molar-refractivity contribution is 8.00. The van der Waals surface area contributed by atoms with Gasteiger partial charge in [0.25, 0.3) is 0 Å². The minimum Gasteiger partial charge on any atom is -0.309 e. The fourth-order valence-corrected chi connectivity index (χ4v) is 3.71. The Balaban J connectivity index is 1.81. The van der Waals surface area contributed by atoms with E-state index in [0.29, 0.717) is 6.04 Å². The van der Waals surface area contributed by atoms with Gasteiger partial charge >= 0.3 is 0 Å². The molecule has 1 heterocycles. The van der Waals surface area contributed by atoms with Gasteiger partial charge in [0.1, 0.15) is 0 Å². The van der Waals surface area contributed by atoms with E-state index >= 15 is 0 Å². The highest BCUT2D eigenvalue weighted by Gasteiger charge is 2.16. The van der Waals surface area contributed by atoms with Crippen LogP contribution in [0.15, 0.2) is 24.3 Å². The van der Waals surface area contributed by atoms with Gasteiger partial charge in [0.2, 0.25) is 0 Å². The summed E-state index contributed by atoms with van der Waals surface area (Å²) >= 11 is 2.13. The zero-order valence-electron chi connectivity index (χ0n) is 11.6. The Kier molecular flexibility index (Phi) is 5.58. The smallest absolute Gasteiger partial charge is 0.0292 e. The van der Waals surface area contributed by atoms with E-state index in [-0.39, 0.29) is 0 Å². The Bertz CT molecular complexity index is 341. The van der Waals surface area contributed by atoms with E-state index in [1.165, 1.54) is 42.6 Å². The fraction of sp³-hybridized carbons (Fsp3) is 0.625. The summed E-state index contributed by atoms with van der Waals surface area (Å²) in [5.41, 5.74) is 2.87. The standard InChI is InChI=1S/C16H25NS/c1-3-5-14-7-9-15(10-8-14)13(2)17-12-16-6-4-11-18-16/h7-10,13,16-17H,3-6,11-12H2,1-2H3. The summed E-state index contributed by atoms with van der Waals surface area (Å²) in [6.07, 6.45) is 5.21. The molecule has 1 saturated heterocycles. The maximum Gasteiger partial charge on any atom is 0.0292 e. The molecule has 1 aromatic carbocycles. The van der Waals surface area contributed by atoms with Crippen molar-refractivity contribution in [1.82, 2.24) is 5.32 Å². The van der Waals surface area contributed by atoms with Gasteiger partial charge in [-0.05, 0) is 43.1 Å². The molecule has 2 rings (SSSR count). The minimum atomic E-state index is 0.474. The lowest BCUT2D eigenvalue weighted by molar-refractivity contribution is 0.559. The van der Waals surface area contributed by atoms with E-state index in [2.05, 4.69) is 55.2 Å². The molecular formula is C16H25NS. The van der Waals surface area contributed by atoms with E-state index in [4.69, 9.17) is 0 Å². The number of aryl methyl sites for hydroxylation is 1. The molecule has 2 heteroatoms. The van der Waals surface area contributed by atoms with Gasteiger partial charge in [0.15, 0.2) is 0 Å². The van der Waals surface area contributed by atoms with Gasteiger partial charge in [-0.3, -0.25) is 0 Å². The van der Waals surface area contributed by atoms with Crippen LogP contribution < -0.4 is 5.32 Å². The van der Waals surface area contributed by atoms with Crippen molar-refractivity contribution < 1.29 is 0 Å². The first-order valence-corrected chi connectivity index (χ1v) is 8.28. The summed E-state index contributed by atoms with van der Waals surface area (Å²) in [4.78, 5) is 0. The highest BCUT2D eigenvalue weighted by atomic mass is 32.2. The third kappa shape index (κ3) is 4.03. The first-order valence-electron chi connectivity index (χ1n) is 7.23. The first kappa shape index (κ1) is 14.0. The number of hydrogen-bond acceptors (Lipinski definition) is 2. The van der Waals surface area contributed by atoms with Crippen molar-refractivity contribution in [2.75, 3.05) is 12.3 Å². The largest absolute Gasteiger partial charge is 0.309 e. The molecule has 0 bridgehead atoms. The molecule has 0 radical (unpaired) electrons. The van der Waals surface area contributed by atoms with Crippen molar-refractivity contribution in [1.29, 1.82) is 0 Å². The SMILES string of the molecule is CCCc1ccc(C(C)NCC2CCCS2)cc1. The molecule has 0 aromatic heterocycles. The van der Waals surface area contributed by atoms with Crippen LogP contribution in [0, 0.1) is 0 Å². The summed E-state index contributed by atoms with van der Waals surface area (Å²) in [6.45, 7) is 5.66. The van der Waals surface area contributed by atoms with Crippen molar-refractivity contribution in [2.24, 2.45) is 0 Å². The van der Waals surface area contributed by atoms with Crippen molar-refractivity contribution in [3.63, 3.8) is 0 Å². The second-order valence-corrected chi connectivity index (χ2v) is 6.66. The third-order valence-corrected chi connectivity index (χ3v) is 5.09. The molecule has 0 aliphatic carbocycles. The van der Waals surface area contributed by atoms with E-state index in [9.17, 15) is 0 Å². The van der Waals surface area contributed by atoms with Crippen LogP contribution in [0.3, 0.4) is 0 Å².